The molecule has 0 N–H and O–H groups in total. The standard InChI is InChI=1S/C8H6ClF2NO/c1-4-2-5(8(10)11)6(3-13)12-7(4)9/h2-3,8H,1H3. The molecule has 0 atom stereocenters. The maximum absolute atomic E-state index is 12.3. The van der Waals surface area contributed by atoms with Crippen molar-refractivity contribution < 1.29 is 13.6 Å². The van der Waals surface area contributed by atoms with Crippen molar-refractivity contribution in [1.82, 2.24) is 4.98 Å². The first kappa shape index (κ1) is 10.1. The van der Waals surface area contributed by atoms with Crippen LogP contribution >= 0.6 is 11.6 Å². The van der Waals surface area contributed by atoms with Crippen molar-refractivity contribution in [2.24, 2.45) is 0 Å². The predicted molar refractivity (Wildman–Crippen MR) is 44.3 cm³/mol. The van der Waals surface area contributed by atoms with Crippen molar-refractivity contribution in [1.29, 1.82) is 0 Å². The van der Waals surface area contributed by atoms with Gasteiger partial charge in [0, 0.05) is 5.56 Å². The number of rotatable bonds is 2. The minimum Gasteiger partial charge on any atom is -0.296 e. The molecule has 0 bridgehead atoms. The third kappa shape index (κ3) is 2.01. The van der Waals surface area contributed by atoms with E-state index in [1.165, 1.54) is 6.07 Å². The summed E-state index contributed by atoms with van der Waals surface area (Å²) in [4.78, 5) is 13.9. The Balaban J connectivity index is 3.32. The van der Waals surface area contributed by atoms with E-state index in [1.54, 1.807) is 6.92 Å². The number of hydrogen-bond donors (Lipinski definition) is 0. The van der Waals surface area contributed by atoms with Crippen LogP contribution in [0.1, 0.15) is 28.0 Å². The van der Waals surface area contributed by atoms with E-state index in [9.17, 15) is 13.6 Å². The zero-order chi connectivity index (χ0) is 10.0. The fourth-order valence-corrected chi connectivity index (χ4v) is 1.04. The molecule has 2 nitrogen and oxygen atoms in total. The number of alkyl halides is 2. The monoisotopic (exact) mass is 205 g/mol. The van der Waals surface area contributed by atoms with E-state index >= 15 is 0 Å². The highest BCUT2D eigenvalue weighted by Gasteiger charge is 2.15. The van der Waals surface area contributed by atoms with Crippen LogP contribution in [0.25, 0.3) is 0 Å². The highest BCUT2D eigenvalue weighted by atomic mass is 35.5. The molecule has 13 heavy (non-hydrogen) atoms. The highest BCUT2D eigenvalue weighted by Crippen LogP contribution is 2.24. The first-order valence-electron chi connectivity index (χ1n) is 3.46. The van der Waals surface area contributed by atoms with Gasteiger partial charge in [-0.05, 0) is 18.6 Å². The molecule has 0 aliphatic heterocycles. The molecule has 70 valence electrons. The molecular formula is C8H6ClF2NO. The summed E-state index contributed by atoms with van der Waals surface area (Å²) in [5.74, 6) is 0. The summed E-state index contributed by atoms with van der Waals surface area (Å²) >= 11 is 5.55. The van der Waals surface area contributed by atoms with Crippen LogP contribution in [0.15, 0.2) is 6.07 Å². The first-order valence-corrected chi connectivity index (χ1v) is 3.84. The Bertz CT molecular complexity index is 341. The molecule has 0 aromatic carbocycles. The number of carbonyl (C=O) groups excluding carboxylic acids is 1. The van der Waals surface area contributed by atoms with E-state index in [0.717, 1.165) is 0 Å². The van der Waals surface area contributed by atoms with Crippen LogP contribution in [-0.2, 0) is 0 Å². The van der Waals surface area contributed by atoms with E-state index in [-0.39, 0.29) is 22.7 Å². The van der Waals surface area contributed by atoms with Crippen LogP contribution in [0, 0.1) is 6.92 Å². The highest BCUT2D eigenvalue weighted by molar-refractivity contribution is 6.30. The quantitative estimate of drug-likeness (QED) is 0.549. The average Bonchev–Trinajstić information content (AvgIpc) is 2.08. The first-order chi connectivity index (χ1) is 6.06. The molecule has 0 radical (unpaired) electrons. The number of carbonyl (C=O) groups is 1. The van der Waals surface area contributed by atoms with E-state index < -0.39 is 6.43 Å². The summed E-state index contributed by atoms with van der Waals surface area (Å²) in [6.07, 6.45) is -2.43. The third-order valence-corrected chi connectivity index (χ3v) is 1.94. The Hall–Kier alpha value is -1.03. The molecule has 0 aliphatic rings. The summed E-state index contributed by atoms with van der Waals surface area (Å²) in [5.41, 5.74) is -0.245. The number of aldehydes is 1. The van der Waals surface area contributed by atoms with E-state index in [4.69, 9.17) is 11.6 Å². The van der Waals surface area contributed by atoms with Crippen molar-refractivity contribution >= 4 is 17.9 Å². The number of pyridine rings is 1. The lowest BCUT2D eigenvalue weighted by Gasteiger charge is -2.05. The maximum atomic E-state index is 12.3. The second-order valence-corrected chi connectivity index (χ2v) is 2.85. The van der Waals surface area contributed by atoms with Crippen molar-refractivity contribution in [3.8, 4) is 0 Å². The fraction of sp³-hybridized carbons (Fsp3) is 0.250. The molecule has 0 spiro atoms. The van der Waals surface area contributed by atoms with E-state index in [0.29, 0.717) is 5.56 Å². The van der Waals surface area contributed by atoms with Gasteiger partial charge in [0.2, 0.25) is 0 Å². The van der Waals surface area contributed by atoms with Crippen LogP contribution < -0.4 is 0 Å². The molecule has 0 aliphatic carbocycles. The summed E-state index contributed by atoms with van der Waals surface area (Å²) in [6.45, 7) is 1.55. The lowest BCUT2D eigenvalue weighted by atomic mass is 10.1. The molecule has 0 saturated carbocycles. The lowest BCUT2D eigenvalue weighted by molar-refractivity contribution is 0.110. The second-order valence-electron chi connectivity index (χ2n) is 2.49. The van der Waals surface area contributed by atoms with E-state index in [1.807, 2.05) is 0 Å². The Labute approximate surface area is 78.5 Å². The van der Waals surface area contributed by atoms with E-state index in [2.05, 4.69) is 4.98 Å². The minimum absolute atomic E-state index is 0.0755. The smallest absolute Gasteiger partial charge is 0.266 e. The van der Waals surface area contributed by atoms with Gasteiger partial charge in [-0.1, -0.05) is 11.6 Å². The van der Waals surface area contributed by atoms with Gasteiger partial charge in [-0.25, -0.2) is 13.8 Å². The van der Waals surface area contributed by atoms with Crippen LogP contribution in [0.3, 0.4) is 0 Å². The van der Waals surface area contributed by atoms with Gasteiger partial charge in [0.25, 0.3) is 6.43 Å². The molecule has 1 heterocycles. The maximum Gasteiger partial charge on any atom is 0.266 e. The molecule has 0 fully saturated rings. The second kappa shape index (κ2) is 3.79. The summed E-state index contributed by atoms with van der Waals surface area (Å²) in [6, 6.07) is 1.17. The van der Waals surface area contributed by atoms with Gasteiger partial charge in [-0.2, -0.15) is 0 Å². The van der Waals surface area contributed by atoms with Crippen LogP contribution in [-0.4, -0.2) is 11.3 Å². The lowest BCUT2D eigenvalue weighted by Crippen LogP contribution is -1.99. The number of nitrogens with zero attached hydrogens (tertiary/aromatic N) is 1. The van der Waals surface area contributed by atoms with Crippen molar-refractivity contribution in [2.75, 3.05) is 0 Å². The minimum atomic E-state index is -2.70. The van der Waals surface area contributed by atoms with Crippen molar-refractivity contribution in [3.63, 3.8) is 0 Å². The zero-order valence-corrected chi connectivity index (χ0v) is 7.48. The van der Waals surface area contributed by atoms with Crippen LogP contribution in [0.5, 0.6) is 0 Å². The molecule has 1 aromatic heterocycles. The number of hydrogen-bond acceptors (Lipinski definition) is 2. The van der Waals surface area contributed by atoms with Crippen molar-refractivity contribution in [2.45, 2.75) is 13.3 Å². The van der Waals surface area contributed by atoms with Gasteiger partial charge in [0.15, 0.2) is 6.29 Å². The summed E-state index contributed by atoms with van der Waals surface area (Å²) in [5, 5.41) is 0.0755. The number of halogens is 3. The Morgan fingerprint density at radius 2 is 2.23 bits per heavy atom. The molecule has 5 heteroatoms. The van der Waals surface area contributed by atoms with Crippen LogP contribution in [0.4, 0.5) is 8.78 Å². The van der Waals surface area contributed by atoms with Crippen LogP contribution in [0.2, 0.25) is 5.15 Å². The van der Waals surface area contributed by atoms with Gasteiger partial charge in [0.05, 0.1) is 0 Å². The molecule has 0 saturated heterocycles. The number of aromatic nitrogens is 1. The molecule has 0 amide bonds. The fourth-order valence-electron chi connectivity index (χ4n) is 0.894. The molecular weight excluding hydrogens is 200 g/mol. The Morgan fingerprint density at radius 1 is 1.62 bits per heavy atom. The number of aryl methyl sites for hydroxylation is 1. The van der Waals surface area contributed by atoms with Gasteiger partial charge in [-0.3, -0.25) is 4.79 Å². The predicted octanol–water partition coefficient (Wildman–Crippen LogP) is 2.79. The molecule has 0 unspecified atom stereocenters. The topological polar surface area (TPSA) is 30.0 Å². The normalized spacial score (nSPS) is 10.5. The Kier molecular flexibility index (Phi) is 2.93. The molecule has 1 rings (SSSR count). The summed E-state index contributed by atoms with van der Waals surface area (Å²) in [7, 11) is 0. The average molecular weight is 206 g/mol. The van der Waals surface area contributed by atoms with Gasteiger partial charge >= 0.3 is 0 Å². The van der Waals surface area contributed by atoms with Gasteiger partial charge in [0.1, 0.15) is 10.8 Å². The van der Waals surface area contributed by atoms with Gasteiger partial charge < -0.3 is 0 Å². The Morgan fingerprint density at radius 3 is 2.69 bits per heavy atom. The van der Waals surface area contributed by atoms with Gasteiger partial charge in [-0.15, -0.1) is 0 Å². The largest absolute Gasteiger partial charge is 0.296 e. The third-order valence-electron chi connectivity index (χ3n) is 1.56. The summed E-state index contributed by atoms with van der Waals surface area (Å²) < 4.78 is 24.6. The zero-order valence-electron chi connectivity index (χ0n) is 6.72. The van der Waals surface area contributed by atoms with Crippen molar-refractivity contribution in [3.05, 3.63) is 28.0 Å². The molecule has 1 aromatic rings. The SMILES string of the molecule is Cc1cc(C(F)F)c(C=O)nc1Cl.